The summed E-state index contributed by atoms with van der Waals surface area (Å²) in [5.74, 6) is -3.61. The second-order valence-electron chi connectivity index (χ2n) is 7.16. The molecule has 0 saturated heterocycles. The van der Waals surface area contributed by atoms with Gasteiger partial charge in [-0.3, -0.25) is 0 Å². The average Bonchev–Trinajstić information content (AvgIpc) is 3.23. The van der Waals surface area contributed by atoms with Gasteiger partial charge in [-0.25, -0.2) is 23.1 Å². The molecule has 27 heavy (non-hydrogen) atoms. The Hall–Kier alpha value is -2.28. The number of rotatable bonds is 7. The van der Waals surface area contributed by atoms with Crippen LogP contribution in [-0.2, 0) is 21.7 Å². The number of hydrogen-bond donors (Lipinski definition) is 2. The van der Waals surface area contributed by atoms with E-state index in [1.54, 1.807) is 30.3 Å². The Balaban J connectivity index is 1.69. The molecule has 0 aliphatic heterocycles. The number of carbonyl (C=O) groups excluding carboxylic acids is 1. The summed E-state index contributed by atoms with van der Waals surface area (Å²) >= 11 is 0. The zero-order valence-electron chi connectivity index (χ0n) is 15.3. The topological polar surface area (TPSA) is 66.2 Å². The van der Waals surface area contributed by atoms with Crippen molar-refractivity contribution < 1.29 is 28.0 Å². The van der Waals surface area contributed by atoms with E-state index in [2.05, 4.69) is 4.98 Å². The molecule has 0 amide bonds. The van der Waals surface area contributed by atoms with Crippen molar-refractivity contribution in [1.82, 2.24) is 4.98 Å². The Labute approximate surface area is 157 Å². The van der Waals surface area contributed by atoms with E-state index in [1.807, 2.05) is 23.9 Å². The zero-order valence-corrected chi connectivity index (χ0v) is 15.3. The van der Waals surface area contributed by atoms with E-state index >= 15 is 0 Å². The fourth-order valence-corrected chi connectivity index (χ4v) is 3.71. The van der Waals surface area contributed by atoms with Crippen LogP contribution >= 0.6 is 0 Å². The SMILES string of the molecule is Cc1[nH]cc[n+]1CCCOC(=O)[C@](O)(c1ccccc1)[C@@H]1CCC(F)(F)C1. The van der Waals surface area contributed by atoms with Gasteiger partial charge in [0, 0.05) is 32.1 Å². The number of hydrogen-bond acceptors (Lipinski definition) is 3. The van der Waals surface area contributed by atoms with Crippen molar-refractivity contribution in [2.75, 3.05) is 6.61 Å². The van der Waals surface area contributed by atoms with E-state index in [0.29, 0.717) is 18.5 Å². The fraction of sp³-hybridized carbons (Fsp3) is 0.500. The van der Waals surface area contributed by atoms with Crippen molar-refractivity contribution in [3.8, 4) is 0 Å². The molecular formula is C20H25F2N2O3+. The molecule has 1 fully saturated rings. The van der Waals surface area contributed by atoms with Crippen molar-refractivity contribution in [3.63, 3.8) is 0 Å². The van der Waals surface area contributed by atoms with Gasteiger partial charge in [0.05, 0.1) is 13.2 Å². The standard InChI is InChI=1S/C20H24F2N2O3/c1-15-23-10-12-24(15)11-5-13-27-18(25)20(26,16-6-3-2-4-7-16)17-8-9-19(21,22)14-17/h2-4,6-7,10,12,17,26H,5,8-9,11,13-14H2,1H3/p+1/t17-,20+/m1/s1. The van der Waals surface area contributed by atoms with Gasteiger partial charge in [-0.15, -0.1) is 0 Å². The molecule has 146 valence electrons. The number of esters is 1. The number of aromatic nitrogens is 2. The van der Waals surface area contributed by atoms with Crippen LogP contribution in [0.1, 0.15) is 37.1 Å². The first-order chi connectivity index (χ1) is 12.8. The molecule has 0 unspecified atom stereocenters. The molecule has 7 heteroatoms. The number of alkyl halides is 2. The summed E-state index contributed by atoms with van der Waals surface area (Å²) in [4.78, 5) is 15.8. The molecule has 1 aromatic heterocycles. The number of aromatic amines is 1. The van der Waals surface area contributed by atoms with Crippen molar-refractivity contribution in [1.29, 1.82) is 0 Å². The molecule has 1 aliphatic carbocycles. The van der Waals surface area contributed by atoms with Crippen molar-refractivity contribution in [2.45, 2.75) is 50.7 Å². The van der Waals surface area contributed by atoms with Crippen molar-refractivity contribution in [2.24, 2.45) is 5.92 Å². The highest BCUT2D eigenvalue weighted by molar-refractivity contribution is 5.81. The first-order valence-corrected chi connectivity index (χ1v) is 9.19. The second kappa shape index (κ2) is 7.76. The summed E-state index contributed by atoms with van der Waals surface area (Å²) < 4.78 is 34.8. The van der Waals surface area contributed by atoms with E-state index in [4.69, 9.17) is 4.74 Å². The second-order valence-corrected chi connectivity index (χ2v) is 7.16. The predicted molar refractivity (Wildman–Crippen MR) is 93.9 cm³/mol. The minimum Gasteiger partial charge on any atom is -0.463 e. The summed E-state index contributed by atoms with van der Waals surface area (Å²) in [6.07, 6.45) is 3.48. The number of nitrogens with one attached hydrogen (secondary N) is 1. The van der Waals surface area contributed by atoms with Gasteiger partial charge in [0.2, 0.25) is 5.92 Å². The molecule has 1 saturated carbocycles. The fourth-order valence-electron chi connectivity index (χ4n) is 3.71. The average molecular weight is 379 g/mol. The maximum Gasteiger partial charge on any atom is 0.343 e. The lowest BCUT2D eigenvalue weighted by molar-refractivity contribution is -0.702. The Morgan fingerprint density at radius 1 is 1.41 bits per heavy atom. The van der Waals surface area contributed by atoms with E-state index in [0.717, 1.165) is 5.82 Å². The molecule has 0 spiro atoms. The van der Waals surface area contributed by atoms with Gasteiger partial charge in [0.15, 0.2) is 5.60 Å². The smallest absolute Gasteiger partial charge is 0.343 e. The lowest BCUT2D eigenvalue weighted by atomic mass is 9.80. The van der Waals surface area contributed by atoms with Gasteiger partial charge in [-0.2, -0.15) is 0 Å². The highest BCUT2D eigenvalue weighted by atomic mass is 19.3. The molecule has 2 N–H and O–H groups in total. The van der Waals surface area contributed by atoms with Gasteiger partial charge in [-0.05, 0) is 12.0 Å². The molecule has 2 aromatic rings. The number of ether oxygens (including phenoxy) is 1. The van der Waals surface area contributed by atoms with Gasteiger partial charge in [0.25, 0.3) is 5.82 Å². The molecule has 2 atom stereocenters. The third kappa shape index (κ3) is 4.18. The molecule has 1 aliphatic rings. The molecular weight excluding hydrogens is 354 g/mol. The summed E-state index contributed by atoms with van der Waals surface area (Å²) in [5, 5.41) is 11.2. The first-order valence-electron chi connectivity index (χ1n) is 9.19. The largest absolute Gasteiger partial charge is 0.463 e. The quantitative estimate of drug-likeness (QED) is 0.442. The lowest BCUT2D eigenvalue weighted by Gasteiger charge is -2.32. The Kier molecular flexibility index (Phi) is 5.60. The number of benzene rings is 1. The van der Waals surface area contributed by atoms with E-state index in [9.17, 15) is 18.7 Å². The predicted octanol–water partition coefficient (Wildman–Crippen LogP) is 2.87. The number of aliphatic hydroxyl groups is 1. The third-order valence-electron chi connectivity index (χ3n) is 5.27. The van der Waals surface area contributed by atoms with Gasteiger partial charge < -0.3 is 9.84 Å². The molecule has 0 bridgehead atoms. The van der Waals surface area contributed by atoms with Gasteiger partial charge in [0.1, 0.15) is 12.4 Å². The number of nitrogens with zero attached hydrogens (tertiary/aromatic N) is 1. The molecule has 1 aromatic carbocycles. The van der Waals surface area contributed by atoms with Crippen LogP contribution in [0.2, 0.25) is 0 Å². The Morgan fingerprint density at radius 2 is 2.15 bits per heavy atom. The van der Waals surface area contributed by atoms with Gasteiger partial charge in [-0.1, -0.05) is 30.3 Å². The van der Waals surface area contributed by atoms with Crippen LogP contribution in [-0.4, -0.2) is 28.6 Å². The number of aryl methyl sites for hydroxylation is 2. The van der Waals surface area contributed by atoms with Crippen LogP contribution in [0.25, 0.3) is 0 Å². The third-order valence-corrected chi connectivity index (χ3v) is 5.27. The summed E-state index contributed by atoms with van der Waals surface area (Å²) in [5.41, 5.74) is -1.76. The summed E-state index contributed by atoms with van der Waals surface area (Å²) in [7, 11) is 0. The monoisotopic (exact) mass is 379 g/mol. The van der Waals surface area contributed by atoms with E-state index < -0.39 is 29.8 Å². The normalized spacial score (nSPS) is 21.0. The van der Waals surface area contributed by atoms with Crippen LogP contribution in [0.4, 0.5) is 8.78 Å². The van der Waals surface area contributed by atoms with Crippen LogP contribution in [0, 0.1) is 12.8 Å². The highest BCUT2D eigenvalue weighted by Gasteiger charge is 2.54. The molecule has 0 radical (unpaired) electrons. The first kappa shape index (κ1) is 19.5. The van der Waals surface area contributed by atoms with Crippen molar-refractivity contribution >= 4 is 5.97 Å². The van der Waals surface area contributed by atoms with Gasteiger partial charge >= 0.3 is 5.97 Å². The number of halogens is 2. The summed E-state index contributed by atoms with van der Waals surface area (Å²) in [6, 6.07) is 8.25. The van der Waals surface area contributed by atoms with Crippen LogP contribution < -0.4 is 4.57 Å². The minimum absolute atomic E-state index is 0.0753. The number of carbonyl (C=O) groups is 1. The van der Waals surface area contributed by atoms with E-state index in [1.165, 1.54) is 0 Å². The van der Waals surface area contributed by atoms with E-state index in [-0.39, 0.29) is 19.4 Å². The van der Waals surface area contributed by atoms with Crippen LogP contribution in [0.5, 0.6) is 0 Å². The van der Waals surface area contributed by atoms with Crippen LogP contribution in [0.15, 0.2) is 42.7 Å². The Bertz CT molecular complexity index is 779. The molecule has 3 rings (SSSR count). The minimum atomic E-state index is -2.86. The summed E-state index contributed by atoms with van der Waals surface area (Å²) in [6.45, 7) is 2.68. The zero-order chi connectivity index (χ0) is 19.5. The van der Waals surface area contributed by atoms with Crippen LogP contribution in [0.3, 0.4) is 0 Å². The maximum absolute atomic E-state index is 13.7. The molecule has 1 heterocycles. The van der Waals surface area contributed by atoms with Crippen molar-refractivity contribution in [3.05, 3.63) is 54.1 Å². The Morgan fingerprint density at radius 3 is 2.74 bits per heavy atom. The highest BCUT2D eigenvalue weighted by Crippen LogP contribution is 2.47. The number of H-pyrrole nitrogens is 1. The molecule has 5 nitrogen and oxygen atoms in total. The maximum atomic E-state index is 13.7. The lowest BCUT2D eigenvalue weighted by Crippen LogP contribution is -2.44. The number of imidazole rings is 1.